The van der Waals surface area contributed by atoms with Gasteiger partial charge in [0, 0.05) is 0 Å². The molecule has 0 aliphatic carbocycles. The lowest BCUT2D eigenvalue weighted by Crippen LogP contribution is -2.51. The van der Waals surface area contributed by atoms with Gasteiger partial charge in [0.2, 0.25) is 0 Å². The van der Waals surface area contributed by atoms with Gasteiger partial charge in [-0.1, -0.05) is 18.2 Å². The lowest BCUT2D eigenvalue weighted by Gasteiger charge is -2.31. The molecule has 4 N–H and O–H groups in total. The van der Waals surface area contributed by atoms with Crippen LogP contribution in [0.5, 0.6) is 5.75 Å². The fraction of sp³-hybridized carbons (Fsp3) is 0.478. The van der Waals surface area contributed by atoms with Gasteiger partial charge in [-0.05, 0) is 32.9 Å². The highest BCUT2D eigenvalue weighted by atomic mass is 31.2. The van der Waals surface area contributed by atoms with Gasteiger partial charge in [0.05, 0.1) is 19.0 Å². The molecular weight excluding hydrogens is 560 g/mol. The number of nitrogen functional groups attached to an aromatic ring is 1. The van der Waals surface area contributed by atoms with Crippen molar-refractivity contribution >= 4 is 30.7 Å². The fourth-order valence-electron chi connectivity index (χ4n) is 3.94. The lowest BCUT2D eigenvalue weighted by atomic mass is 9.98. The minimum atomic E-state index is -4.67. The van der Waals surface area contributed by atoms with Crippen LogP contribution in [-0.4, -0.2) is 73.6 Å². The van der Waals surface area contributed by atoms with Crippen molar-refractivity contribution in [2.75, 3.05) is 12.3 Å². The number of anilines is 1. The Balaban J connectivity index is 1.62. The Morgan fingerprint density at radius 2 is 1.95 bits per heavy atom. The lowest BCUT2D eigenvalue weighted by molar-refractivity contribution is -0.182. The van der Waals surface area contributed by atoms with Crippen molar-refractivity contribution in [3.8, 4) is 5.75 Å². The molecule has 17 heteroatoms. The van der Waals surface area contributed by atoms with Gasteiger partial charge in [-0.25, -0.2) is 32.7 Å². The standard InChI is InChI=1S/C23H28F3N6O7P/c1-12(2)37-21(34)13(3)31-40(35,39-14-7-5-4-6-8-14)36-9-23(22(25)26)17(24)16(33)20(38-23)32-11-30-15-18(27)28-10-29-19(15)32/h4-8,10-13,16-17,20,22,33H,9H2,1-3H3,(H,31,35)(H2,27,28,29)/t13-,16+,17+,20+,23+,40?/m0/s1. The molecular formula is C23H28F3N6O7P. The van der Waals surface area contributed by atoms with Crippen LogP contribution in [-0.2, 0) is 23.4 Å². The van der Waals surface area contributed by atoms with Crippen LogP contribution < -0.4 is 15.3 Å². The number of carbonyl (C=O) groups excluding carboxylic acids is 1. The van der Waals surface area contributed by atoms with Crippen LogP contribution in [0.15, 0.2) is 43.0 Å². The zero-order valence-electron chi connectivity index (χ0n) is 21.6. The Bertz CT molecular complexity index is 1380. The number of alkyl halides is 3. The summed E-state index contributed by atoms with van der Waals surface area (Å²) in [5, 5.41) is 12.9. The van der Waals surface area contributed by atoms with Crippen LogP contribution in [0.25, 0.3) is 11.2 Å². The van der Waals surface area contributed by atoms with Gasteiger partial charge >= 0.3 is 13.7 Å². The fourth-order valence-corrected chi connectivity index (χ4v) is 5.47. The molecule has 0 saturated carbocycles. The summed E-state index contributed by atoms with van der Waals surface area (Å²) in [5.41, 5.74) is 2.70. The Kier molecular flexibility index (Phi) is 8.66. The van der Waals surface area contributed by atoms with E-state index in [-0.39, 0.29) is 22.7 Å². The number of para-hydroxylation sites is 1. The van der Waals surface area contributed by atoms with Crippen molar-refractivity contribution in [2.45, 2.75) is 63.4 Å². The third kappa shape index (κ3) is 5.90. The molecule has 3 aromatic rings. The van der Waals surface area contributed by atoms with Gasteiger partial charge in [-0.15, -0.1) is 0 Å². The molecule has 0 spiro atoms. The zero-order chi connectivity index (χ0) is 29.2. The predicted octanol–water partition coefficient (Wildman–Crippen LogP) is 2.77. The highest BCUT2D eigenvalue weighted by molar-refractivity contribution is 7.52. The largest absolute Gasteiger partial charge is 0.462 e. The molecule has 2 aromatic heterocycles. The van der Waals surface area contributed by atoms with E-state index in [0.29, 0.717) is 0 Å². The molecule has 1 aromatic carbocycles. The van der Waals surface area contributed by atoms with Crippen LogP contribution >= 0.6 is 7.75 Å². The number of halogens is 3. The summed E-state index contributed by atoms with van der Waals surface area (Å²) < 4.78 is 80.4. The number of aliphatic hydroxyl groups is 1. The number of nitrogens with two attached hydrogens (primary N) is 1. The van der Waals surface area contributed by atoms with Crippen LogP contribution in [0.3, 0.4) is 0 Å². The number of nitrogens with zero attached hydrogens (tertiary/aromatic N) is 4. The molecule has 1 unspecified atom stereocenters. The summed E-state index contributed by atoms with van der Waals surface area (Å²) in [6.45, 7) is 3.13. The minimum Gasteiger partial charge on any atom is -0.462 e. The molecule has 218 valence electrons. The first-order valence-electron chi connectivity index (χ1n) is 12.1. The third-order valence-corrected chi connectivity index (χ3v) is 7.54. The van der Waals surface area contributed by atoms with Crippen molar-refractivity contribution < 1.29 is 46.2 Å². The number of ether oxygens (including phenoxy) is 2. The summed E-state index contributed by atoms with van der Waals surface area (Å²) >= 11 is 0. The number of rotatable bonds is 11. The maximum atomic E-state index is 15.5. The molecule has 6 atom stereocenters. The molecule has 0 bridgehead atoms. The van der Waals surface area contributed by atoms with E-state index >= 15 is 4.39 Å². The number of aliphatic hydroxyl groups excluding tert-OH is 1. The molecule has 3 heterocycles. The molecule has 0 radical (unpaired) electrons. The average Bonchev–Trinajstić information content (AvgIpc) is 3.43. The van der Waals surface area contributed by atoms with Gasteiger partial charge in [0.15, 0.2) is 29.5 Å². The molecule has 4 rings (SSSR count). The third-order valence-electron chi connectivity index (χ3n) is 5.92. The number of hydrogen-bond donors (Lipinski definition) is 3. The minimum absolute atomic E-state index is 0.00179. The zero-order valence-corrected chi connectivity index (χ0v) is 22.5. The van der Waals surface area contributed by atoms with Gasteiger partial charge < -0.3 is 24.8 Å². The first-order valence-corrected chi connectivity index (χ1v) is 13.6. The Morgan fingerprint density at radius 3 is 2.60 bits per heavy atom. The number of carbonyl (C=O) groups is 1. The normalized spacial score (nSPS) is 25.3. The van der Waals surface area contributed by atoms with E-state index in [1.165, 1.54) is 19.1 Å². The molecule has 40 heavy (non-hydrogen) atoms. The van der Waals surface area contributed by atoms with Gasteiger partial charge in [0.25, 0.3) is 6.43 Å². The van der Waals surface area contributed by atoms with Crippen LogP contribution in [0.2, 0.25) is 0 Å². The van der Waals surface area contributed by atoms with Crippen molar-refractivity contribution in [3.63, 3.8) is 0 Å². The Hall–Kier alpha value is -3.30. The van der Waals surface area contributed by atoms with Crippen molar-refractivity contribution in [1.82, 2.24) is 24.6 Å². The number of imidazole rings is 1. The van der Waals surface area contributed by atoms with E-state index in [9.17, 15) is 23.2 Å². The summed E-state index contributed by atoms with van der Waals surface area (Å²) in [6, 6.07) is 6.24. The predicted molar refractivity (Wildman–Crippen MR) is 134 cm³/mol. The quantitative estimate of drug-likeness (QED) is 0.221. The van der Waals surface area contributed by atoms with E-state index < -0.39 is 63.0 Å². The van der Waals surface area contributed by atoms with Crippen molar-refractivity contribution in [1.29, 1.82) is 0 Å². The van der Waals surface area contributed by atoms with Gasteiger partial charge in [-0.3, -0.25) is 13.9 Å². The first-order chi connectivity index (χ1) is 18.9. The molecule has 1 fully saturated rings. The summed E-state index contributed by atoms with van der Waals surface area (Å²) in [5.74, 6) is -0.868. The average molecular weight is 588 g/mol. The van der Waals surface area contributed by atoms with Crippen LogP contribution in [0, 0.1) is 0 Å². The number of nitrogens with one attached hydrogen (secondary N) is 1. The van der Waals surface area contributed by atoms with Crippen LogP contribution in [0.1, 0.15) is 27.0 Å². The molecule has 0 amide bonds. The van der Waals surface area contributed by atoms with Crippen molar-refractivity contribution in [3.05, 3.63) is 43.0 Å². The van der Waals surface area contributed by atoms with E-state index in [1.54, 1.807) is 32.0 Å². The second-order valence-corrected chi connectivity index (χ2v) is 10.9. The van der Waals surface area contributed by atoms with Crippen LogP contribution in [0.4, 0.5) is 19.0 Å². The highest BCUT2D eigenvalue weighted by Gasteiger charge is 2.63. The maximum Gasteiger partial charge on any atom is 0.459 e. The number of benzene rings is 1. The molecule has 1 aliphatic heterocycles. The SMILES string of the molecule is CC(C)OC(=O)[C@H](C)NP(=O)(OC[C@@]1(C(F)F)O[C@@H](n2cnc3c(N)ncnc32)[C@H](O)[C@H]1F)Oc1ccccc1. The smallest absolute Gasteiger partial charge is 0.459 e. The maximum absolute atomic E-state index is 15.5. The van der Waals surface area contributed by atoms with E-state index in [0.717, 1.165) is 17.2 Å². The number of esters is 1. The second-order valence-electron chi connectivity index (χ2n) is 9.25. The molecule has 1 saturated heterocycles. The number of fused-ring (bicyclic) bond motifs is 1. The van der Waals surface area contributed by atoms with Gasteiger partial charge in [0.1, 0.15) is 29.7 Å². The summed E-state index contributed by atoms with van der Waals surface area (Å²) in [6.07, 6.45) is -8.56. The van der Waals surface area contributed by atoms with E-state index in [4.69, 9.17) is 24.3 Å². The topological polar surface area (TPSA) is 173 Å². The van der Waals surface area contributed by atoms with Gasteiger partial charge in [-0.2, -0.15) is 5.09 Å². The summed E-state index contributed by atoms with van der Waals surface area (Å²) in [4.78, 5) is 24.0. The van der Waals surface area contributed by atoms with E-state index in [1.807, 2.05) is 0 Å². The first kappa shape index (κ1) is 29.7. The Morgan fingerprint density at radius 1 is 1.25 bits per heavy atom. The summed E-state index contributed by atoms with van der Waals surface area (Å²) in [7, 11) is -4.67. The second kappa shape index (κ2) is 11.7. The number of hydrogen-bond acceptors (Lipinski definition) is 11. The van der Waals surface area contributed by atoms with E-state index in [2.05, 4.69) is 20.0 Å². The van der Waals surface area contributed by atoms with Crippen molar-refractivity contribution in [2.24, 2.45) is 0 Å². The molecule has 1 aliphatic rings. The molecule has 13 nitrogen and oxygen atoms in total. The monoisotopic (exact) mass is 588 g/mol. The highest BCUT2D eigenvalue weighted by Crippen LogP contribution is 2.50. The Labute approximate surface area is 226 Å². The number of aromatic nitrogens is 4.